The molecule has 0 amide bonds. The van der Waals surface area contributed by atoms with Crippen molar-refractivity contribution in [3.63, 3.8) is 0 Å². The van der Waals surface area contributed by atoms with Crippen LogP contribution in [-0.2, 0) is 0 Å². The Morgan fingerprint density at radius 3 is 3.07 bits per heavy atom. The highest BCUT2D eigenvalue weighted by molar-refractivity contribution is 7.09. The molecule has 1 fully saturated rings. The van der Waals surface area contributed by atoms with E-state index in [1.165, 1.54) is 18.0 Å². The Bertz CT molecular complexity index is 341. The van der Waals surface area contributed by atoms with Crippen LogP contribution in [0.4, 0.5) is 5.13 Å². The summed E-state index contributed by atoms with van der Waals surface area (Å²) in [4.78, 5) is 4.29. The number of hydrogen-bond acceptors (Lipinski definition) is 5. The first-order valence-corrected chi connectivity index (χ1v) is 6.09. The van der Waals surface area contributed by atoms with Gasteiger partial charge in [0.1, 0.15) is 5.82 Å². The number of anilines is 1. The molecule has 0 aromatic carbocycles. The van der Waals surface area contributed by atoms with Crippen LogP contribution in [0.5, 0.6) is 0 Å². The van der Waals surface area contributed by atoms with Crippen molar-refractivity contribution in [3.8, 4) is 0 Å². The molecule has 0 radical (unpaired) electrons. The molecule has 15 heavy (non-hydrogen) atoms. The molecule has 0 aliphatic heterocycles. The van der Waals surface area contributed by atoms with E-state index < -0.39 is 0 Å². The van der Waals surface area contributed by atoms with Crippen LogP contribution in [-0.4, -0.2) is 27.1 Å². The van der Waals surface area contributed by atoms with Crippen LogP contribution in [0.1, 0.15) is 32.0 Å². The third-order valence-corrected chi connectivity index (χ3v) is 4.01. The van der Waals surface area contributed by atoms with Crippen molar-refractivity contribution in [2.45, 2.75) is 39.2 Å². The monoisotopic (exact) mass is 227 g/mol. The van der Waals surface area contributed by atoms with Gasteiger partial charge in [-0.2, -0.15) is 4.37 Å². The molecule has 1 heterocycles. The van der Waals surface area contributed by atoms with Crippen molar-refractivity contribution in [2.24, 2.45) is 5.41 Å². The lowest BCUT2D eigenvalue weighted by atomic mass is 9.86. The minimum Gasteiger partial charge on any atom is -0.396 e. The smallest absolute Gasteiger partial charge is 0.202 e. The zero-order chi connectivity index (χ0) is 10.9. The average molecular weight is 227 g/mol. The van der Waals surface area contributed by atoms with Gasteiger partial charge in [0.05, 0.1) is 6.61 Å². The van der Waals surface area contributed by atoms with E-state index in [0.717, 1.165) is 23.8 Å². The van der Waals surface area contributed by atoms with Crippen molar-refractivity contribution in [1.82, 2.24) is 9.36 Å². The van der Waals surface area contributed by atoms with Crippen LogP contribution in [0.3, 0.4) is 0 Å². The van der Waals surface area contributed by atoms with Gasteiger partial charge in [-0.1, -0.05) is 13.3 Å². The Morgan fingerprint density at radius 1 is 1.67 bits per heavy atom. The molecule has 4 nitrogen and oxygen atoms in total. The molecule has 1 aromatic heterocycles. The fraction of sp³-hybridized carbons (Fsp3) is 0.800. The molecule has 0 bridgehead atoms. The summed E-state index contributed by atoms with van der Waals surface area (Å²) in [5.74, 6) is 0.811. The third kappa shape index (κ3) is 2.13. The lowest BCUT2D eigenvalue weighted by Gasteiger charge is -2.29. The Morgan fingerprint density at radius 2 is 2.47 bits per heavy atom. The molecular weight excluding hydrogens is 210 g/mol. The molecule has 0 saturated heterocycles. The molecule has 1 aromatic rings. The molecule has 2 N–H and O–H groups in total. The molecule has 0 spiro atoms. The van der Waals surface area contributed by atoms with Crippen LogP contribution in [0.15, 0.2) is 0 Å². The molecule has 2 rings (SSSR count). The number of hydrogen-bond donors (Lipinski definition) is 2. The van der Waals surface area contributed by atoms with E-state index in [1.807, 2.05) is 6.92 Å². The maximum atomic E-state index is 9.41. The second kappa shape index (κ2) is 4.06. The number of aryl methyl sites for hydroxylation is 1. The molecule has 1 aliphatic carbocycles. The second-order valence-electron chi connectivity index (χ2n) is 4.55. The fourth-order valence-corrected chi connectivity index (χ4v) is 2.80. The normalized spacial score (nSPS) is 30.7. The van der Waals surface area contributed by atoms with Crippen LogP contribution in [0, 0.1) is 12.3 Å². The van der Waals surface area contributed by atoms with Gasteiger partial charge in [0.25, 0.3) is 0 Å². The van der Waals surface area contributed by atoms with E-state index in [1.54, 1.807) is 0 Å². The highest BCUT2D eigenvalue weighted by atomic mass is 32.1. The summed E-state index contributed by atoms with van der Waals surface area (Å²) in [6, 6.07) is 0.329. The van der Waals surface area contributed by atoms with Gasteiger partial charge >= 0.3 is 0 Å². The zero-order valence-electron chi connectivity index (χ0n) is 9.16. The van der Waals surface area contributed by atoms with Crippen molar-refractivity contribution in [2.75, 3.05) is 11.9 Å². The minimum atomic E-state index is -0.000422. The van der Waals surface area contributed by atoms with Gasteiger partial charge in [0, 0.05) is 23.0 Å². The number of aromatic nitrogens is 2. The predicted octanol–water partition coefficient (Wildman–Crippen LogP) is 1.81. The molecule has 2 atom stereocenters. The van der Waals surface area contributed by atoms with E-state index in [2.05, 4.69) is 21.6 Å². The van der Waals surface area contributed by atoms with Crippen molar-refractivity contribution < 1.29 is 5.11 Å². The predicted molar refractivity (Wildman–Crippen MR) is 61.1 cm³/mol. The van der Waals surface area contributed by atoms with Gasteiger partial charge < -0.3 is 10.4 Å². The first-order chi connectivity index (χ1) is 7.14. The zero-order valence-corrected chi connectivity index (χ0v) is 9.97. The highest BCUT2D eigenvalue weighted by Crippen LogP contribution is 2.39. The van der Waals surface area contributed by atoms with E-state index in [9.17, 15) is 5.11 Å². The number of nitrogens with one attached hydrogen (secondary N) is 1. The highest BCUT2D eigenvalue weighted by Gasteiger charge is 2.38. The summed E-state index contributed by atoms with van der Waals surface area (Å²) in [5, 5.41) is 13.7. The molecule has 5 heteroatoms. The standard InChI is InChI=1S/C10H17N3OS/c1-7-11-9(15-13-7)12-8-4-3-5-10(8,2)6-14/h8,14H,3-6H2,1-2H3,(H,11,12,13)/t8-,10-/m1/s1. The molecule has 1 aliphatic rings. The van der Waals surface area contributed by atoms with Gasteiger partial charge in [0.15, 0.2) is 0 Å². The summed E-state index contributed by atoms with van der Waals surface area (Å²) >= 11 is 1.39. The van der Waals surface area contributed by atoms with Crippen molar-refractivity contribution in [1.29, 1.82) is 0 Å². The van der Waals surface area contributed by atoms with Crippen molar-refractivity contribution >= 4 is 16.7 Å². The summed E-state index contributed by atoms with van der Waals surface area (Å²) in [6.45, 7) is 4.26. The van der Waals surface area contributed by atoms with E-state index in [0.29, 0.717) is 6.04 Å². The second-order valence-corrected chi connectivity index (χ2v) is 5.30. The van der Waals surface area contributed by atoms with Gasteiger partial charge in [0.2, 0.25) is 5.13 Å². The molecular formula is C10H17N3OS. The van der Waals surface area contributed by atoms with Gasteiger partial charge in [-0.05, 0) is 19.8 Å². The van der Waals surface area contributed by atoms with Crippen LogP contribution in [0.25, 0.3) is 0 Å². The van der Waals surface area contributed by atoms with Gasteiger partial charge in [-0.25, -0.2) is 4.98 Å². The van der Waals surface area contributed by atoms with Gasteiger partial charge in [-0.3, -0.25) is 0 Å². The lowest BCUT2D eigenvalue weighted by molar-refractivity contribution is 0.139. The number of nitrogens with zero attached hydrogens (tertiary/aromatic N) is 2. The maximum Gasteiger partial charge on any atom is 0.202 e. The van der Waals surface area contributed by atoms with E-state index in [4.69, 9.17) is 0 Å². The topological polar surface area (TPSA) is 58.0 Å². The van der Waals surface area contributed by atoms with Crippen molar-refractivity contribution in [3.05, 3.63) is 5.82 Å². The Labute approximate surface area is 93.9 Å². The maximum absolute atomic E-state index is 9.41. The Hall–Kier alpha value is -0.680. The summed E-state index contributed by atoms with van der Waals surface area (Å²) in [5.41, 5.74) is -0.000422. The largest absolute Gasteiger partial charge is 0.396 e. The van der Waals surface area contributed by atoms with E-state index >= 15 is 0 Å². The summed E-state index contributed by atoms with van der Waals surface area (Å²) in [6.07, 6.45) is 3.36. The molecule has 1 saturated carbocycles. The lowest BCUT2D eigenvalue weighted by Crippen LogP contribution is -2.36. The first-order valence-electron chi connectivity index (χ1n) is 5.32. The molecule has 0 unspecified atom stereocenters. The minimum absolute atomic E-state index is 0.000422. The van der Waals surface area contributed by atoms with Gasteiger partial charge in [-0.15, -0.1) is 0 Å². The SMILES string of the molecule is Cc1nsc(N[C@@H]2CCC[C@]2(C)CO)n1. The Kier molecular flexibility index (Phi) is 2.93. The summed E-state index contributed by atoms with van der Waals surface area (Å²) in [7, 11) is 0. The quantitative estimate of drug-likeness (QED) is 0.827. The third-order valence-electron chi connectivity index (χ3n) is 3.27. The van der Waals surface area contributed by atoms with Crippen LogP contribution in [0.2, 0.25) is 0 Å². The average Bonchev–Trinajstić information content (AvgIpc) is 2.76. The number of aliphatic hydroxyl groups excluding tert-OH is 1. The fourth-order valence-electron chi connectivity index (χ4n) is 2.17. The number of rotatable bonds is 3. The Balaban J connectivity index is 2.05. The van der Waals surface area contributed by atoms with Crippen LogP contribution >= 0.6 is 11.5 Å². The van der Waals surface area contributed by atoms with Crippen LogP contribution < -0.4 is 5.32 Å². The number of aliphatic hydroxyl groups is 1. The van der Waals surface area contributed by atoms with E-state index in [-0.39, 0.29) is 12.0 Å². The first kappa shape index (κ1) is 10.8. The summed E-state index contributed by atoms with van der Waals surface area (Å²) < 4.78 is 4.14. The molecule has 84 valence electrons.